The number of rotatable bonds is 13. The highest BCUT2D eigenvalue weighted by atomic mass is 32.2. The Balaban J connectivity index is 2.34. The van der Waals surface area contributed by atoms with Crippen LogP contribution >= 0.6 is 11.8 Å². The van der Waals surface area contributed by atoms with Crippen LogP contribution in [0.5, 0.6) is 0 Å². The van der Waals surface area contributed by atoms with E-state index in [0.29, 0.717) is 12.2 Å². The first-order chi connectivity index (χ1) is 12.1. The number of benzene rings is 1. The van der Waals surface area contributed by atoms with Gasteiger partial charge in [0.2, 0.25) is 5.91 Å². The van der Waals surface area contributed by atoms with Gasteiger partial charge in [-0.15, -0.1) is 11.8 Å². The third-order valence-electron chi connectivity index (χ3n) is 3.67. The molecule has 0 heterocycles. The van der Waals surface area contributed by atoms with Gasteiger partial charge in [-0.25, -0.2) is 0 Å². The lowest BCUT2D eigenvalue weighted by molar-refractivity contribution is -0.137. The Morgan fingerprint density at radius 3 is 2.60 bits per heavy atom. The smallest absolute Gasteiger partial charge is 0.305 e. The van der Waals surface area contributed by atoms with Crippen molar-refractivity contribution in [1.82, 2.24) is 5.32 Å². The van der Waals surface area contributed by atoms with Crippen molar-refractivity contribution in [3.63, 3.8) is 0 Å². The second-order valence-electron chi connectivity index (χ2n) is 6.01. The summed E-state index contributed by atoms with van der Waals surface area (Å²) in [7, 11) is 0. The highest BCUT2D eigenvalue weighted by Crippen LogP contribution is 2.19. The van der Waals surface area contributed by atoms with E-state index in [-0.39, 0.29) is 18.4 Å². The molecular formula is C20H29NO3S. The maximum atomic E-state index is 12.0. The molecule has 1 amide bonds. The van der Waals surface area contributed by atoms with Crippen LogP contribution in [0.15, 0.2) is 47.4 Å². The number of hydrogen-bond donors (Lipinski definition) is 2. The van der Waals surface area contributed by atoms with Gasteiger partial charge in [0.05, 0.1) is 6.42 Å². The van der Waals surface area contributed by atoms with Crippen molar-refractivity contribution < 1.29 is 14.7 Å². The van der Waals surface area contributed by atoms with Gasteiger partial charge >= 0.3 is 5.97 Å². The first-order valence-electron chi connectivity index (χ1n) is 8.95. The number of amides is 1. The van der Waals surface area contributed by atoms with E-state index in [1.54, 1.807) is 11.8 Å². The molecule has 1 aromatic carbocycles. The molecule has 1 unspecified atom stereocenters. The zero-order chi connectivity index (χ0) is 18.3. The summed E-state index contributed by atoms with van der Waals surface area (Å²) in [6.45, 7) is 2.18. The van der Waals surface area contributed by atoms with E-state index in [0.717, 1.165) is 17.7 Å². The molecule has 5 heteroatoms. The number of carboxylic acid groups (broad SMARTS) is 1. The molecule has 4 nitrogen and oxygen atoms in total. The number of hydrogen-bond acceptors (Lipinski definition) is 3. The summed E-state index contributed by atoms with van der Waals surface area (Å²) in [4.78, 5) is 24.1. The van der Waals surface area contributed by atoms with E-state index >= 15 is 0 Å². The molecule has 0 bridgehead atoms. The molecule has 0 aliphatic carbocycles. The van der Waals surface area contributed by atoms with Crippen molar-refractivity contribution in [3.05, 3.63) is 42.5 Å². The van der Waals surface area contributed by atoms with Crippen LogP contribution in [0.25, 0.3) is 0 Å². The Kier molecular flexibility index (Phi) is 11.5. The predicted molar refractivity (Wildman–Crippen MR) is 104 cm³/mol. The number of aliphatic carboxylic acids is 1. The first kappa shape index (κ1) is 21.3. The van der Waals surface area contributed by atoms with Crippen molar-refractivity contribution in [2.45, 2.75) is 62.8 Å². The Bertz CT molecular complexity index is 531. The Labute approximate surface area is 155 Å². The quantitative estimate of drug-likeness (QED) is 0.304. The number of carboxylic acids is 1. The molecule has 2 N–H and O–H groups in total. The largest absolute Gasteiger partial charge is 0.481 e. The van der Waals surface area contributed by atoms with E-state index in [9.17, 15) is 9.59 Å². The maximum absolute atomic E-state index is 12.0. The molecule has 1 atom stereocenters. The highest BCUT2D eigenvalue weighted by molar-refractivity contribution is 7.99. The predicted octanol–water partition coefficient (Wildman–Crippen LogP) is 4.65. The van der Waals surface area contributed by atoms with E-state index in [4.69, 9.17) is 5.11 Å². The van der Waals surface area contributed by atoms with Gasteiger partial charge in [-0.2, -0.15) is 0 Å². The van der Waals surface area contributed by atoms with Crippen molar-refractivity contribution in [2.24, 2.45) is 0 Å². The average molecular weight is 364 g/mol. The van der Waals surface area contributed by atoms with Gasteiger partial charge in [-0.1, -0.05) is 56.5 Å². The molecule has 0 aliphatic rings. The summed E-state index contributed by atoms with van der Waals surface area (Å²) in [5.41, 5.74) is 0. The van der Waals surface area contributed by atoms with Crippen LogP contribution in [-0.4, -0.2) is 28.8 Å². The van der Waals surface area contributed by atoms with Gasteiger partial charge in [0.15, 0.2) is 0 Å². The van der Waals surface area contributed by atoms with Gasteiger partial charge in [0.25, 0.3) is 0 Å². The molecule has 0 saturated heterocycles. The second kappa shape index (κ2) is 13.5. The van der Waals surface area contributed by atoms with Crippen LogP contribution in [0.2, 0.25) is 0 Å². The number of allylic oxidation sites excluding steroid dienone is 1. The Hall–Kier alpha value is -1.75. The monoisotopic (exact) mass is 363 g/mol. The Morgan fingerprint density at radius 1 is 1.16 bits per heavy atom. The highest BCUT2D eigenvalue weighted by Gasteiger charge is 2.15. The summed E-state index contributed by atoms with van der Waals surface area (Å²) in [5.74, 6) is -0.474. The van der Waals surface area contributed by atoms with E-state index < -0.39 is 5.97 Å². The number of nitrogens with one attached hydrogen (secondary N) is 1. The maximum Gasteiger partial charge on any atom is 0.305 e. The van der Waals surface area contributed by atoms with E-state index in [1.165, 1.54) is 19.3 Å². The lowest BCUT2D eigenvalue weighted by atomic mass is 10.1. The fraction of sp³-hybridized carbons (Fsp3) is 0.500. The zero-order valence-electron chi connectivity index (χ0n) is 14.9. The lowest BCUT2D eigenvalue weighted by Gasteiger charge is -2.16. The molecule has 1 aromatic rings. The summed E-state index contributed by atoms with van der Waals surface area (Å²) >= 11 is 1.56. The zero-order valence-corrected chi connectivity index (χ0v) is 15.8. The fourth-order valence-electron chi connectivity index (χ4n) is 2.36. The average Bonchev–Trinajstić information content (AvgIpc) is 2.59. The third kappa shape index (κ3) is 11.4. The minimum Gasteiger partial charge on any atom is -0.481 e. The number of carbonyl (C=O) groups excluding carboxylic acids is 1. The van der Waals surface area contributed by atoms with Crippen LogP contribution in [0.4, 0.5) is 0 Å². The molecule has 0 spiro atoms. The molecule has 0 radical (unpaired) electrons. The van der Waals surface area contributed by atoms with E-state index in [2.05, 4.69) is 12.2 Å². The summed E-state index contributed by atoms with van der Waals surface area (Å²) in [6, 6.07) is 9.41. The van der Waals surface area contributed by atoms with Crippen molar-refractivity contribution in [3.8, 4) is 0 Å². The topological polar surface area (TPSA) is 66.4 Å². The van der Waals surface area contributed by atoms with Crippen molar-refractivity contribution >= 4 is 23.6 Å². The van der Waals surface area contributed by atoms with Crippen LogP contribution in [0.3, 0.4) is 0 Å². The van der Waals surface area contributed by atoms with Gasteiger partial charge in [0, 0.05) is 23.1 Å². The normalized spacial score (nSPS) is 12.2. The number of carbonyl (C=O) groups is 2. The summed E-state index contributed by atoms with van der Waals surface area (Å²) in [5, 5.41) is 11.9. The molecule has 0 aromatic heterocycles. The lowest BCUT2D eigenvalue weighted by Crippen LogP contribution is -2.38. The molecule has 138 valence electrons. The van der Waals surface area contributed by atoms with Crippen LogP contribution in [0.1, 0.15) is 51.9 Å². The minimum absolute atomic E-state index is 0.0632. The van der Waals surface area contributed by atoms with Crippen molar-refractivity contribution in [2.75, 3.05) is 5.75 Å². The number of unbranched alkanes of at least 4 members (excludes halogenated alkanes) is 4. The van der Waals surface area contributed by atoms with Crippen LogP contribution in [0, 0.1) is 0 Å². The fourth-order valence-corrected chi connectivity index (χ4v) is 3.30. The second-order valence-corrected chi connectivity index (χ2v) is 7.10. The summed E-state index contributed by atoms with van der Waals surface area (Å²) < 4.78 is 0. The van der Waals surface area contributed by atoms with Gasteiger partial charge in [-0.3, -0.25) is 9.59 Å². The first-order valence-corrected chi connectivity index (χ1v) is 9.94. The molecule has 0 aliphatic heterocycles. The standard InChI is InChI=1S/C20H29NO3S/c1-2-3-4-5-6-7-11-14-19(22)21-17(15-20(23)24)16-25-18-12-9-8-10-13-18/h7-13,17H,2-6,14-16H2,1H3,(H,21,22)(H,23,24)/b11-7+. The van der Waals surface area contributed by atoms with Gasteiger partial charge in [-0.05, 0) is 25.0 Å². The van der Waals surface area contributed by atoms with Gasteiger partial charge < -0.3 is 10.4 Å². The number of thioether (sulfide) groups is 1. The van der Waals surface area contributed by atoms with Crippen molar-refractivity contribution in [1.29, 1.82) is 0 Å². The molecule has 25 heavy (non-hydrogen) atoms. The summed E-state index contributed by atoms with van der Waals surface area (Å²) in [6.07, 6.45) is 10.0. The SMILES string of the molecule is CCCCCC/C=C/CC(=O)NC(CSc1ccccc1)CC(=O)O. The molecule has 0 fully saturated rings. The van der Waals surface area contributed by atoms with Crippen LogP contribution < -0.4 is 5.32 Å². The Morgan fingerprint density at radius 2 is 1.92 bits per heavy atom. The van der Waals surface area contributed by atoms with E-state index in [1.807, 2.05) is 42.5 Å². The molecule has 1 rings (SSSR count). The molecule has 0 saturated carbocycles. The minimum atomic E-state index is -0.898. The molecular weight excluding hydrogens is 334 g/mol. The van der Waals surface area contributed by atoms with Crippen LogP contribution in [-0.2, 0) is 9.59 Å². The van der Waals surface area contributed by atoms with Gasteiger partial charge in [0.1, 0.15) is 0 Å². The third-order valence-corrected chi connectivity index (χ3v) is 4.85.